The molecular formula is C22H27N3O5. The summed E-state index contributed by atoms with van der Waals surface area (Å²) in [4.78, 5) is 26.3. The number of amides is 2. The molecule has 2 heterocycles. The number of methoxy groups -OCH3 is 2. The van der Waals surface area contributed by atoms with Crippen molar-refractivity contribution in [2.24, 2.45) is 0 Å². The van der Waals surface area contributed by atoms with Crippen LogP contribution >= 0.6 is 0 Å². The first-order valence-electron chi connectivity index (χ1n) is 10.3. The van der Waals surface area contributed by atoms with Crippen LogP contribution < -0.4 is 14.8 Å². The molecule has 0 radical (unpaired) electrons. The summed E-state index contributed by atoms with van der Waals surface area (Å²) >= 11 is 0. The quantitative estimate of drug-likeness (QED) is 0.635. The average molecular weight is 413 g/mol. The minimum absolute atomic E-state index is 0.0255. The number of hydrogen-bond acceptors (Lipinski definition) is 6. The second-order valence-corrected chi connectivity index (χ2v) is 7.82. The third-order valence-electron chi connectivity index (χ3n) is 5.91. The van der Waals surface area contributed by atoms with E-state index in [0.29, 0.717) is 42.5 Å². The van der Waals surface area contributed by atoms with Crippen LogP contribution in [0.2, 0.25) is 0 Å². The van der Waals surface area contributed by atoms with Gasteiger partial charge in [-0.05, 0) is 43.9 Å². The van der Waals surface area contributed by atoms with Crippen LogP contribution in [0.4, 0.5) is 0 Å². The highest BCUT2D eigenvalue weighted by Crippen LogP contribution is 2.48. The van der Waals surface area contributed by atoms with E-state index in [0.717, 1.165) is 37.8 Å². The van der Waals surface area contributed by atoms with Gasteiger partial charge in [-0.2, -0.15) is 0 Å². The predicted octanol–water partition coefficient (Wildman–Crippen LogP) is 2.52. The fourth-order valence-electron chi connectivity index (χ4n) is 3.93. The van der Waals surface area contributed by atoms with E-state index < -0.39 is 5.41 Å². The maximum atomic E-state index is 12.8. The Morgan fingerprint density at radius 2 is 2.03 bits per heavy atom. The van der Waals surface area contributed by atoms with Crippen LogP contribution in [0.25, 0.3) is 11.3 Å². The lowest BCUT2D eigenvalue weighted by molar-refractivity contribution is -0.127. The summed E-state index contributed by atoms with van der Waals surface area (Å²) in [6.07, 6.45) is 3.83. The first-order valence-corrected chi connectivity index (χ1v) is 10.3. The van der Waals surface area contributed by atoms with E-state index in [4.69, 9.17) is 14.0 Å². The molecule has 0 bridgehead atoms. The summed E-state index contributed by atoms with van der Waals surface area (Å²) in [5.74, 6) is 2.00. The van der Waals surface area contributed by atoms with Gasteiger partial charge in [0.25, 0.3) is 0 Å². The Balaban J connectivity index is 1.37. The molecule has 2 aromatic rings. The Kier molecular flexibility index (Phi) is 5.65. The lowest BCUT2D eigenvalue weighted by Gasteiger charge is -2.16. The average Bonchev–Trinajstić information content (AvgIpc) is 3.24. The van der Waals surface area contributed by atoms with E-state index in [-0.39, 0.29) is 11.8 Å². The molecule has 2 aliphatic rings. The van der Waals surface area contributed by atoms with Gasteiger partial charge in [0.1, 0.15) is 0 Å². The molecule has 1 saturated carbocycles. The van der Waals surface area contributed by atoms with Crippen molar-refractivity contribution in [2.45, 2.75) is 37.5 Å². The minimum atomic E-state index is -0.609. The molecule has 1 aromatic carbocycles. The maximum absolute atomic E-state index is 12.8. The minimum Gasteiger partial charge on any atom is -0.493 e. The van der Waals surface area contributed by atoms with E-state index in [2.05, 4.69) is 10.5 Å². The summed E-state index contributed by atoms with van der Waals surface area (Å²) < 4.78 is 16.1. The molecule has 1 aliphatic heterocycles. The predicted molar refractivity (Wildman–Crippen MR) is 109 cm³/mol. The molecule has 160 valence electrons. The number of nitrogens with zero attached hydrogens (tertiary/aromatic N) is 2. The highest BCUT2D eigenvalue weighted by Gasteiger charge is 2.53. The molecule has 0 spiro atoms. The number of likely N-dealkylation sites (tertiary alicyclic amines) is 1. The smallest absolute Gasteiger partial charge is 0.232 e. The normalized spacial score (nSPS) is 17.1. The number of rotatable bonds is 9. The second kappa shape index (κ2) is 8.38. The topological polar surface area (TPSA) is 93.9 Å². The third-order valence-corrected chi connectivity index (χ3v) is 5.91. The Hall–Kier alpha value is -3.03. The zero-order valence-corrected chi connectivity index (χ0v) is 17.4. The fourth-order valence-corrected chi connectivity index (χ4v) is 3.93. The molecule has 4 rings (SSSR count). The Morgan fingerprint density at radius 1 is 1.23 bits per heavy atom. The van der Waals surface area contributed by atoms with E-state index in [1.165, 1.54) is 0 Å². The monoisotopic (exact) mass is 413 g/mol. The SMILES string of the molecule is COc1ccc(-c2cc(C3(C(=O)NCCCN4CCCC4=O)CC3)no2)cc1OC. The van der Waals surface area contributed by atoms with Gasteiger partial charge in [0, 0.05) is 37.7 Å². The molecule has 2 fully saturated rings. The van der Waals surface area contributed by atoms with Gasteiger partial charge in [-0.3, -0.25) is 9.59 Å². The highest BCUT2D eigenvalue weighted by molar-refractivity contribution is 5.91. The summed E-state index contributed by atoms with van der Waals surface area (Å²) in [6, 6.07) is 7.32. The zero-order chi connectivity index (χ0) is 21.1. The highest BCUT2D eigenvalue weighted by atomic mass is 16.5. The summed E-state index contributed by atoms with van der Waals surface area (Å²) in [7, 11) is 3.17. The lowest BCUT2D eigenvalue weighted by Crippen LogP contribution is -2.37. The van der Waals surface area contributed by atoms with Crippen LogP contribution in [0.5, 0.6) is 11.5 Å². The van der Waals surface area contributed by atoms with Crippen molar-refractivity contribution in [3.63, 3.8) is 0 Å². The molecule has 30 heavy (non-hydrogen) atoms. The Morgan fingerprint density at radius 3 is 2.70 bits per heavy atom. The lowest BCUT2D eigenvalue weighted by atomic mass is 10.00. The number of nitrogens with one attached hydrogen (secondary N) is 1. The number of ether oxygens (including phenoxy) is 2. The van der Waals surface area contributed by atoms with Gasteiger partial charge in [-0.25, -0.2) is 0 Å². The van der Waals surface area contributed by atoms with Gasteiger partial charge < -0.3 is 24.2 Å². The van der Waals surface area contributed by atoms with Gasteiger partial charge in [0.05, 0.1) is 25.3 Å². The van der Waals surface area contributed by atoms with Crippen molar-refractivity contribution in [1.82, 2.24) is 15.4 Å². The number of carbonyl (C=O) groups excluding carboxylic acids is 2. The maximum Gasteiger partial charge on any atom is 0.232 e. The summed E-state index contributed by atoms with van der Waals surface area (Å²) in [5.41, 5.74) is 0.847. The molecule has 0 atom stereocenters. The molecule has 8 heteroatoms. The largest absolute Gasteiger partial charge is 0.493 e. The summed E-state index contributed by atoms with van der Waals surface area (Å²) in [6.45, 7) is 2.07. The van der Waals surface area contributed by atoms with Crippen LogP contribution in [0.1, 0.15) is 37.8 Å². The molecule has 2 amide bonds. The molecule has 1 N–H and O–H groups in total. The zero-order valence-electron chi connectivity index (χ0n) is 17.4. The van der Waals surface area contributed by atoms with E-state index in [1.54, 1.807) is 20.3 Å². The number of aromatic nitrogens is 1. The molecule has 1 aliphatic carbocycles. The first kappa shape index (κ1) is 20.3. The van der Waals surface area contributed by atoms with Crippen LogP contribution in [0.3, 0.4) is 0 Å². The Labute approximate surface area is 175 Å². The van der Waals surface area contributed by atoms with Crippen molar-refractivity contribution in [3.05, 3.63) is 30.0 Å². The van der Waals surface area contributed by atoms with Crippen molar-refractivity contribution in [2.75, 3.05) is 33.9 Å². The molecule has 1 saturated heterocycles. The van der Waals surface area contributed by atoms with Gasteiger partial charge >= 0.3 is 0 Å². The number of carbonyl (C=O) groups is 2. The van der Waals surface area contributed by atoms with Crippen LogP contribution in [0.15, 0.2) is 28.8 Å². The number of hydrogen-bond donors (Lipinski definition) is 1. The van der Waals surface area contributed by atoms with Crippen LogP contribution in [-0.4, -0.2) is 55.7 Å². The van der Waals surface area contributed by atoms with Crippen molar-refractivity contribution >= 4 is 11.8 Å². The molecule has 0 unspecified atom stereocenters. The summed E-state index contributed by atoms with van der Waals surface area (Å²) in [5, 5.41) is 7.20. The van der Waals surface area contributed by atoms with Gasteiger partial charge in [-0.1, -0.05) is 5.16 Å². The van der Waals surface area contributed by atoms with Crippen molar-refractivity contribution in [1.29, 1.82) is 0 Å². The third kappa shape index (κ3) is 3.86. The fraction of sp³-hybridized carbons (Fsp3) is 0.500. The Bertz CT molecular complexity index is 935. The van der Waals surface area contributed by atoms with Crippen molar-refractivity contribution < 1.29 is 23.6 Å². The van der Waals surface area contributed by atoms with E-state index in [9.17, 15) is 9.59 Å². The second-order valence-electron chi connectivity index (χ2n) is 7.82. The van der Waals surface area contributed by atoms with Gasteiger partial charge in [-0.15, -0.1) is 0 Å². The standard InChI is InChI=1S/C22H27N3O5/c1-28-16-7-6-15(13-18(16)29-2)17-14-19(24-30-17)22(8-9-22)21(27)23-10-4-12-25-11-3-5-20(25)26/h6-7,13-14H,3-5,8-12H2,1-2H3,(H,23,27). The van der Waals surface area contributed by atoms with E-state index in [1.807, 2.05) is 23.1 Å². The number of benzene rings is 1. The molecule has 1 aromatic heterocycles. The molecule has 8 nitrogen and oxygen atoms in total. The van der Waals surface area contributed by atoms with Gasteiger partial charge in [0.2, 0.25) is 11.8 Å². The first-order chi connectivity index (χ1) is 14.6. The molecular weight excluding hydrogens is 386 g/mol. The van der Waals surface area contributed by atoms with Crippen LogP contribution in [-0.2, 0) is 15.0 Å². The van der Waals surface area contributed by atoms with Crippen LogP contribution in [0, 0.1) is 0 Å². The van der Waals surface area contributed by atoms with Crippen molar-refractivity contribution in [3.8, 4) is 22.8 Å². The van der Waals surface area contributed by atoms with E-state index >= 15 is 0 Å². The van der Waals surface area contributed by atoms with Gasteiger partial charge in [0.15, 0.2) is 17.3 Å².